The number of aliphatic hydroxyl groups is 1. The van der Waals surface area contributed by atoms with Gasteiger partial charge in [0, 0.05) is 0 Å². The van der Waals surface area contributed by atoms with E-state index in [0.29, 0.717) is 0 Å². The summed E-state index contributed by atoms with van der Waals surface area (Å²) in [7, 11) is 0. The van der Waals surface area contributed by atoms with Crippen LogP contribution in [0.5, 0.6) is 5.75 Å². The SMILES string of the molecule is OCc1ccc(/C=C/c2cccc(O)c2)cc1. The fourth-order valence-corrected chi connectivity index (χ4v) is 1.56. The Bertz CT molecular complexity index is 513. The van der Waals surface area contributed by atoms with Gasteiger partial charge in [-0.05, 0) is 28.8 Å². The van der Waals surface area contributed by atoms with Crippen molar-refractivity contribution in [3.05, 3.63) is 65.2 Å². The average molecular weight is 226 g/mol. The Morgan fingerprint density at radius 2 is 1.59 bits per heavy atom. The predicted octanol–water partition coefficient (Wildman–Crippen LogP) is 3.05. The van der Waals surface area contributed by atoms with Crippen LogP contribution in [0.4, 0.5) is 0 Å². The first-order chi connectivity index (χ1) is 8.28. The maximum Gasteiger partial charge on any atom is 0.116 e. The quantitative estimate of drug-likeness (QED) is 0.790. The number of hydrogen-bond acceptors (Lipinski definition) is 2. The van der Waals surface area contributed by atoms with Crippen LogP contribution in [0.3, 0.4) is 0 Å². The summed E-state index contributed by atoms with van der Waals surface area (Å²) in [6.45, 7) is 0.0660. The molecule has 0 saturated carbocycles. The molecule has 2 nitrogen and oxygen atoms in total. The van der Waals surface area contributed by atoms with E-state index in [-0.39, 0.29) is 12.4 Å². The molecule has 0 aliphatic heterocycles. The average Bonchev–Trinajstić information content (AvgIpc) is 2.37. The van der Waals surface area contributed by atoms with Gasteiger partial charge >= 0.3 is 0 Å². The van der Waals surface area contributed by atoms with E-state index in [0.717, 1.165) is 16.7 Å². The molecule has 2 heteroatoms. The molecule has 0 aliphatic carbocycles. The molecule has 0 radical (unpaired) electrons. The van der Waals surface area contributed by atoms with Crippen LogP contribution >= 0.6 is 0 Å². The lowest BCUT2D eigenvalue weighted by molar-refractivity contribution is 0.282. The van der Waals surface area contributed by atoms with Gasteiger partial charge in [0.2, 0.25) is 0 Å². The van der Waals surface area contributed by atoms with Crippen LogP contribution in [-0.2, 0) is 6.61 Å². The molecule has 0 saturated heterocycles. The zero-order valence-corrected chi connectivity index (χ0v) is 9.38. The topological polar surface area (TPSA) is 40.5 Å². The van der Waals surface area contributed by atoms with E-state index in [2.05, 4.69) is 0 Å². The lowest BCUT2D eigenvalue weighted by atomic mass is 10.1. The predicted molar refractivity (Wildman–Crippen MR) is 69.4 cm³/mol. The van der Waals surface area contributed by atoms with Crippen LogP contribution in [0, 0.1) is 0 Å². The van der Waals surface area contributed by atoms with Crippen molar-refractivity contribution < 1.29 is 10.2 Å². The van der Waals surface area contributed by atoms with Gasteiger partial charge < -0.3 is 10.2 Å². The first-order valence-electron chi connectivity index (χ1n) is 5.45. The standard InChI is InChI=1S/C15H14O2/c16-11-14-8-5-12(6-9-14)4-7-13-2-1-3-15(17)10-13/h1-10,16-17H,11H2/b7-4+. The highest BCUT2D eigenvalue weighted by molar-refractivity contribution is 5.70. The summed E-state index contributed by atoms with van der Waals surface area (Å²) in [6.07, 6.45) is 3.91. The van der Waals surface area contributed by atoms with Gasteiger partial charge in [-0.25, -0.2) is 0 Å². The number of benzene rings is 2. The van der Waals surface area contributed by atoms with E-state index >= 15 is 0 Å². The number of phenols is 1. The molecule has 0 aliphatic rings. The summed E-state index contributed by atoms with van der Waals surface area (Å²) < 4.78 is 0. The van der Waals surface area contributed by atoms with E-state index in [1.165, 1.54) is 0 Å². The molecule has 0 atom stereocenters. The molecule has 17 heavy (non-hydrogen) atoms. The van der Waals surface area contributed by atoms with Gasteiger partial charge in [0.25, 0.3) is 0 Å². The first kappa shape index (κ1) is 11.4. The highest BCUT2D eigenvalue weighted by Crippen LogP contribution is 2.14. The Morgan fingerprint density at radius 3 is 2.24 bits per heavy atom. The van der Waals surface area contributed by atoms with Gasteiger partial charge in [0.05, 0.1) is 6.61 Å². The van der Waals surface area contributed by atoms with Crippen molar-refractivity contribution in [2.24, 2.45) is 0 Å². The molecular formula is C15H14O2. The number of aliphatic hydroxyl groups excluding tert-OH is 1. The van der Waals surface area contributed by atoms with Crippen LogP contribution in [0.15, 0.2) is 48.5 Å². The Labute approximate surface area is 100 Å². The van der Waals surface area contributed by atoms with Crippen molar-refractivity contribution >= 4 is 12.2 Å². The molecule has 2 aromatic carbocycles. The Hall–Kier alpha value is -2.06. The molecule has 0 unspecified atom stereocenters. The van der Waals surface area contributed by atoms with Crippen molar-refractivity contribution in [1.29, 1.82) is 0 Å². The van der Waals surface area contributed by atoms with Crippen LogP contribution in [-0.4, -0.2) is 10.2 Å². The molecular weight excluding hydrogens is 212 g/mol. The van der Waals surface area contributed by atoms with Gasteiger partial charge in [0.15, 0.2) is 0 Å². The zero-order valence-electron chi connectivity index (χ0n) is 9.38. The molecule has 2 N–H and O–H groups in total. The van der Waals surface area contributed by atoms with Crippen LogP contribution < -0.4 is 0 Å². The van der Waals surface area contributed by atoms with Crippen LogP contribution in [0.25, 0.3) is 12.2 Å². The van der Waals surface area contributed by atoms with Crippen molar-refractivity contribution in [2.45, 2.75) is 6.61 Å². The van der Waals surface area contributed by atoms with E-state index in [1.54, 1.807) is 12.1 Å². The van der Waals surface area contributed by atoms with E-state index in [9.17, 15) is 5.11 Å². The second-order valence-electron chi connectivity index (χ2n) is 3.83. The van der Waals surface area contributed by atoms with E-state index in [1.807, 2.05) is 48.6 Å². The number of rotatable bonds is 3. The fraction of sp³-hybridized carbons (Fsp3) is 0.0667. The Balaban J connectivity index is 2.14. The summed E-state index contributed by atoms with van der Waals surface area (Å²) >= 11 is 0. The van der Waals surface area contributed by atoms with Crippen molar-refractivity contribution in [3.8, 4) is 5.75 Å². The van der Waals surface area contributed by atoms with E-state index < -0.39 is 0 Å². The smallest absolute Gasteiger partial charge is 0.116 e. The molecule has 2 rings (SSSR count). The molecule has 0 amide bonds. The first-order valence-corrected chi connectivity index (χ1v) is 5.45. The minimum absolute atomic E-state index is 0.0660. The van der Waals surface area contributed by atoms with Gasteiger partial charge in [-0.3, -0.25) is 0 Å². The van der Waals surface area contributed by atoms with Crippen molar-refractivity contribution in [2.75, 3.05) is 0 Å². The molecule has 2 aromatic rings. The van der Waals surface area contributed by atoms with Gasteiger partial charge in [-0.2, -0.15) is 0 Å². The third-order valence-electron chi connectivity index (χ3n) is 2.50. The highest BCUT2D eigenvalue weighted by Gasteiger charge is 1.91. The number of phenolic OH excluding ortho intramolecular Hbond substituents is 1. The van der Waals surface area contributed by atoms with Crippen molar-refractivity contribution in [3.63, 3.8) is 0 Å². The normalized spacial score (nSPS) is 10.9. The number of hydrogen-bond donors (Lipinski definition) is 2. The van der Waals surface area contributed by atoms with Crippen LogP contribution in [0.1, 0.15) is 16.7 Å². The second-order valence-corrected chi connectivity index (χ2v) is 3.83. The van der Waals surface area contributed by atoms with Gasteiger partial charge in [-0.15, -0.1) is 0 Å². The lowest BCUT2D eigenvalue weighted by Gasteiger charge is -1.98. The van der Waals surface area contributed by atoms with Crippen molar-refractivity contribution in [1.82, 2.24) is 0 Å². The highest BCUT2D eigenvalue weighted by atomic mass is 16.3. The molecule has 0 heterocycles. The maximum atomic E-state index is 9.32. The minimum atomic E-state index is 0.0660. The van der Waals surface area contributed by atoms with Gasteiger partial charge in [-0.1, -0.05) is 48.6 Å². The lowest BCUT2D eigenvalue weighted by Crippen LogP contribution is -1.81. The summed E-state index contributed by atoms with van der Waals surface area (Å²) in [6, 6.07) is 14.8. The molecule has 86 valence electrons. The third kappa shape index (κ3) is 3.20. The summed E-state index contributed by atoms with van der Waals surface area (Å²) in [5.74, 6) is 0.266. The molecule has 0 aromatic heterocycles. The monoisotopic (exact) mass is 226 g/mol. The number of aromatic hydroxyl groups is 1. The zero-order chi connectivity index (χ0) is 12.1. The third-order valence-corrected chi connectivity index (χ3v) is 2.50. The molecule has 0 spiro atoms. The largest absolute Gasteiger partial charge is 0.508 e. The summed E-state index contributed by atoms with van der Waals surface area (Å²) in [4.78, 5) is 0. The van der Waals surface area contributed by atoms with Gasteiger partial charge in [0.1, 0.15) is 5.75 Å². The minimum Gasteiger partial charge on any atom is -0.508 e. The Morgan fingerprint density at radius 1 is 0.882 bits per heavy atom. The molecule has 0 fully saturated rings. The van der Waals surface area contributed by atoms with Crippen LogP contribution in [0.2, 0.25) is 0 Å². The summed E-state index contributed by atoms with van der Waals surface area (Å²) in [5.41, 5.74) is 2.92. The van der Waals surface area contributed by atoms with E-state index in [4.69, 9.17) is 5.11 Å². The second kappa shape index (κ2) is 5.32. The molecule has 0 bridgehead atoms. The maximum absolute atomic E-state index is 9.32. The Kier molecular flexibility index (Phi) is 3.58. The fourth-order valence-electron chi connectivity index (χ4n) is 1.56. The summed E-state index contributed by atoms with van der Waals surface area (Å²) in [5, 5.41) is 18.2.